The van der Waals surface area contributed by atoms with Crippen LogP contribution < -0.4 is 5.32 Å². The Morgan fingerprint density at radius 1 is 1.53 bits per heavy atom. The zero-order valence-corrected chi connectivity index (χ0v) is 13.3. The smallest absolute Gasteiger partial charge is 0.183 e. The fourth-order valence-corrected chi connectivity index (χ4v) is 2.53. The Labute approximate surface area is 119 Å². The van der Waals surface area contributed by atoms with E-state index in [0.29, 0.717) is 6.04 Å². The zero-order chi connectivity index (χ0) is 12.4. The summed E-state index contributed by atoms with van der Waals surface area (Å²) < 4.78 is 7.24. The highest BCUT2D eigenvalue weighted by molar-refractivity contribution is 9.13. The van der Waals surface area contributed by atoms with Crippen molar-refractivity contribution in [1.82, 2.24) is 10.2 Å². The molecule has 0 radical (unpaired) electrons. The average Bonchev–Trinajstić information content (AvgIpc) is 3.06. The van der Waals surface area contributed by atoms with E-state index in [0.717, 1.165) is 34.0 Å². The lowest BCUT2D eigenvalue weighted by Gasteiger charge is -2.24. The van der Waals surface area contributed by atoms with Crippen molar-refractivity contribution in [3.8, 4) is 0 Å². The fraction of sp³-hybridized carbons (Fsp3) is 0.667. The third-order valence-electron chi connectivity index (χ3n) is 3.25. The van der Waals surface area contributed by atoms with E-state index in [1.807, 2.05) is 6.07 Å². The summed E-state index contributed by atoms with van der Waals surface area (Å²) in [5, 5.41) is 3.43. The van der Waals surface area contributed by atoms with Gasteiger partial charge in [-0.05, 0) is 64.7 Å². The van der Waals surface area contributed by atoms with Crippen molar-refractivity contribution >= 4 is 31.9 Å². The van der Waals surface area contributed by atoms with Crippen LogP contribution in [0.15, 0.2) is 19.6 Å². The average molecular weight is 366 g/mol. The number of furan rings is 1. The first kappa shape index (κ1) is 13.6. The van der Waals surface area contributed by atoms with Crippen LogP contribution in [0.2, 0.25) is 0 Å². The molecule has 0 aromatic carbocycles. The van der Waals surface area contributed by atoms with Crippen LogP contribution in [0.3, 0.4) is 0 Å². The molecule has 5 heteroatoms. The molecule has 3 nitrogen and oxygen atoms in total. The van der Waals surface area contributed by atoms with E-state index >= 15 is 0 Å². The molecule has 0 saturated heterocycles. The van der Waals surface area contributed by atoms with Crippen LogP contribution in [0.1, 0.15) is 25.5 Å². The number of rotatable bonds is 6. The summed E-state index contributed by atoms with van der Waals surface area (Å²) in [6.45, 7) is 4.02. The van der Waals surface area contributed by atoms with Crippen LogP contribution in [-0.2, 0) is 6.54 Å². The van der Waals surface area contributed by atoms with E-state index in [4.69, 9.17) is 4.42 Å². The Morgan fingerprint density at radius 3 is 2.76 bits per heavy atom. The van der Waals surface area contributed by atoms with Gasteiger partial charge < -0.3 is 9.73 Å². The Morgan fingerprint density at radius 2 is 2.24 bits per heavy atom. The monoisotopic (exact) mass is 364 g/mol. The molecule has 1 atom stereocenters. The quantitative estimate of drug-likeness (QED) is 0.837. The second kappa shape index (κ2) is 5.87. The van der Waals surface area contributed by atoms with E-state index in [-0.39, 0.29) is 0 Å². The van der Waals surface area contributed by atoms with Gasteiger partial charge in [-0.25, -0.2) is 0 Å². The Bertz CT molecular complexity index is 357. The molecule has 1 saturated carbocycles. The van der Waals surface area contributed by atoms with Crippen LogP contribution in [0, 0.1) is 0 Å². The van der Waals surface area contributed by atoms with Crippen molar-refractivity contribution in [1.29, 1.82) is 0 Å². The minimum Gasteiger partial charge on any atom is -0.452 e. The molecule has 2 rings (SSSR count). The van der Waals surface area contributed by atoms with Crippen LogP contribution in [0.5, 0.6) is 0 Å². The molecule has 0 amide bonds. The maximum absolute atomic E-state index is 5.51. The first-order valence-electron chi connectivity index (χ1n) is 5.94. The number of nitrogens with one attached hydrogen (secondary N) is 1. The van der Waals surface area contributed by atoms with Gasteiger partial charge in [0.1, 0.15) is 5.76 Å². The van der Waals surface area contributed by atoms with Gasteiger partial charge in [0.05, 0.1) is 11.0 Å². The molecule has 0 bridgehead atoms. The van der Waals surface area contributed by atoms with Gasteiger partial charge in [-0.2, -0.15) is 0 Å². The number of likely N-dealkylation sites (N-methyl/N-ethyl adjacent to an activating group) is 1. The molecule has 96 valence electrons. The topological polar surface area (TPSA) is 28.4 Å². The van der Waals surface area contributed by atoms with Crippen molar-refractivity contribution in [2.24, 2.45) is 0 Å². The van der Waals surface area contributed by atoms with Gasteiger partial charge in [0.15, 0.2) is 4.67 Å². The number of hydrogen-bond donors (Lipinski definition) is 1. The molecular formula is C12H18Br2N2O. The third-order valence-corrected chi connectivity index (χ3v) is 4.96. The highest BCUT2D eigenvalue weighted by Gasteiger charge is 2.28. The van der Waals surface area contributed by atoms with Crippen molar-refractivity contribution in [2.75, 3.05) is 13.6 Å². The van der Waals surface area contributed by atoms with E-state index in [9.17, 15) is 0 Å². The van der Waals surface area contributed by atoms with E-state index in [2.05, 4.69) is 56.0 Å². The van der Waals surface area contributed by atoms with Crippen molar-refractivity contribution < 1.29 is 4.42 Å². The van der Waals surface area contributed by atoms with E-state index < -0.39 is 0 Å². The molecule has 0 spiro atoms. The lowest BCUT2D eigenvalue weighted by atomic mass is 10.3. The van der Waals surface area contributed by atoms with Crippen molar-refractivity contribution in [3.63, 3.8) is 0 Å². The summed E-state index contributed by atoms with van der Waals surface area (Å²) in [6.07, 6.45) is 2.72. The van der Waals surface area contributed by atoms with Gasteiger partial charge in [0.25, 0.3) is 0 Å². The van der Waals surface area contributed by atoms with E-state index in [1.54, 1.807) is 0 Å². The van der Waals surface area contributed by atoms with Crippen molar-refractivity contribution in [2.45, 2.75) is 38.4 Å². The predicted molar refractivity (Wildman–Crippen MR) is 76.1 cm³/mol. The van der Waals surface area contributed by atoms with Crippen LogP contribution in [0.4, 0.5) is 0 Å². The normalized spacial score (nSPS) is 17.7. The molecular weight excluding hydrogens is 348 g/mol. The van der Waals surface area contributed by atoms with Crippen LogP contribution >= 0.6 is 31.9 Å². The first-order valence-corrected chi connectivity index (χ1v) is 7.53. The van der Waals surface area contributed by atoms with E-state index in [1.165, 1.54) is 12.8 Å². The molecule has 1 aliphatic rings. The van der Waals surface area contributed by atoms with Crippen molar-refractivity contribution in [3.05, 3.63) is 21.0 Å². The number of halogens is 2. The molecule has 1 N–H and O–H groups in total. The van der Waals surface area contributed by atoms with Crippen LogP contribution in [0.25, 0.3) is 0 Å². The Hall–Kier alpha value is 0.160. The minimum atomic E-state index is 0.573. The summed E-state index contributed by atoms with van der Waals surface area (Å²) in [5.74, 6) is 0.949. The summed E-state index contributed by atoms with van der Waals surface area (Å²) in [5.41, 5.74) is 0. The second-order valence-electron chi connectivity index (χ2n) is 4.71. The van der Waals surface area contributed by atoms with Gasteiger partial charge in [-0.3, -0.25) is 4.90 Å². The highest BCUT2D eigenvalue weighted by Crippen LogP contribution is 2.27. The highest BCUT2D eigenvalue weighted by atomic mass is 79.9. The molecule has 1 aromatic heterocycles. The van der Waals surface area contributed by atoms with Gasteiger partial charge in [0, 0.05) is 18.6 Å². The fourth-order valence-electron chi connectivity index (χ4n) is 1.87. The standard InChI is InChI=1S/C12H18Br2N2O/c1-8(16(2)9-3-4-9)6-15-7-10-5-11(13)12(14)17-10/h5,8-9,15H,3-4,6-7H2,1-2H3. The zero-order valence-electron chi connectivity index (χ0n) is 10.2. The maximum Gasteiger partial charge on any atom is 0.183 e. The number of hydrogen-bond acceptors (Lipinski definition) is 3. The SMILES string of the molecule is CC(CNCc1cc(Br)c(Br)o1)N(C)C1CC1. The van der Waals surface area contributed by atoms with Gasteiger partial charge in [0.2, 0.25) is 0 Å². The predicted octanol–water partition coefficient (Wildman–Crippen LogP) is 3.38. The molecule has 1 unspecified atom stereocenters. The van der Waals surface area contributed by atoms with Gasteiger partial charge in [-0.15, -0.1) is 0 Å². The molecule has 1 aromatic rings. The molecule has 1 fully saturated rings. The molecule has 17 heavy (non-hydrogen) atoms. The Kier molecular flexibility index (Phi) is 4.69. The van der Waals surface area contributed by atoms with Crippen LogP contribution in [-0.4, -0.2) is 30.6 Å². The summed E-state index contributed by atoms with van der Waals surface area (Å²) >= 11 is 6.75. The lowest BCUT2D eigenvalue weighted by molar-refractivity contribution is 0.239. The molecule has 0 aliphatic heterocycles. The summed E-state index contributed by atoms with van der Waals surface area (Å²) in [6, 6.07) is 3.38. The Balaban J connectivity index is 1.71. The van der Waals surface area contributed by atoms with Gasteiger partial charge >= 0.3 is 0 Å². The second-order valence-corrected chi connectivity index (χ2v) is 6.29. The first-order chi connectivity index (χ1) is 8.08. The lowest BCUT2D eigenvalue weighted by Crippen LogP contribution is -2.38. The molecule has 1 aliphatic carbocycles. The summed E-state index contributed by atoms with van der Waals surface area (Å²) in [4.78, 5) is 2.46. The third kappa shape index (κ3) is 3.81. The number of nitrogens with zero attached hydrogens (tertiary/aromatic N) is 1. The maximum atomic E-state index is 5.51. The summed E-state index contributed by atoms with van der Waals surface area (Å²) in [7, 11) is 2.21. The minimum absolute atomic E-state index is 0.573. The largest absolute Gasteiger partial charge is 0.452 e. The molecule has 1 heterocycles. The van der Waals surface area contributed by atoms with Gasteiger partial charge in [-0.1, -0.05) is 0 Å².